The van der Waals surface area contributed by atoms with E-state index in [1.165, 1.54) is 6.26 Å². The van der Waals surface area contributed by atoms with Crippen molar-refractivity contribution in [3.63, 3.8) is 0 Å². The number of amides is 2. The maximum absolute atomic E-state index is 12.2. The van der Waals surface area contributed by atoms with Crippen molar-refractivity contribution in [2.24, 2.45) is 0 Å². The number of carbonyl (C=O) groups excluding carboxylic acids is 2. The zero-order valence-corrected chi connectivity index (χ0v) is 11.2. The van der Waals surface area contributed by atoms with Gasteiger partial charge in [0.2, 0.25) is 6.10 Å². The van der Waals surface area contributed by atoms with E-state index < -0.39 is 18.1 Å². The first-order valence-electron chi connectivity index (χ1n) is 5.50. The molecule has 96 valence electrons. The Morgan fingerprint density at radius 3 is 2.47 bits per heavy atom. The van der Waals surface area contributed by atoms with Gasteiger partial charge in [-0.2, -0.15) is 0 Å². The maximum atomic E-state index is 12.2. The lowest BCUT2D eigenvalue weighted by Gasteiger charge is -2.10. The molecule has 0 N–H and O–H groups in total. The standard InChI is InChI=1S/C13H8BrNO4/c14-8-3-5-9(6-4-8)15-12(16)11(19-13(15)17)10-2-1-7-18-10/h1-7,11H. The lowest BCUT2D eigenvalue weighted by atomic mass is 10.2. The van der Waals surface area contributed by atoms with Crippen molar-refractivity contribution in [3.05, 3.63) is 52.9 Å². The summed E-state index contributed by atoms with van der Waals surface area (Å²) in [6.45, 7) is 0. The number of ether oxygens (including phenoxy) is 1. The highest BCUT2D eigenvalue weighted by Gasteiger charge is 2.44. The zero-order chi connectivity index (χ0) is 13.4. The predicted molar refractivity (Wildman–Crippen MR) is 69.6 cm³/mol. The molecule has 0 bridgehead atoms. The smallest absolute Gasteiger partial charge is 0.422 e. The molecule has 0 saturated carbocycles. The van der Waals surface area contributed by atoms with Crippen molar-refractivity contribution in [2.75, 3.05) is 4.90 Å². The minimum atomic E-state index is -1.01. The molecule has 1 aromatic carbocycles. The zero-order valence-electron chi connectivity index (χ0n) is 9.58. The fourth-order valence-corrected chi connectivity index (χ4v) is 2.12. The van der Waals surface area contributed by atoms with Crippen LogP contribution >= 0.6 is 15.9 Å². The molecule has 1 fully saturated rings. The summed E-state index contributed by atoms with van der Waals surface area (Å²) in [7, 11) is 0. The van der Waals surface area contributed by atoms with Gasteiger partial charge in [-0.1, -0.05) is 15.9 Å². The number of imide groups is 1. The highest BCUT2D eigenvalue weighted by atomic mass is 79.9. The van der Waals surface area contributed by atoms with Gasteiger partial charge in [0.1, 0.15) is 0 Å². The molecular weight excluding hydrogens is 314 g/mol. The summed E-state index contributed by atoms with van der Waals surface area (Å²) in [6.07, 6.45) is -0.279. The van der Waals surface area contributed by atoms with Crippen LogP contribution in [0.2, 0.25) is 0 Å². The Balaban J connectivity index is 1.93. The Hall–Kier alpha value is -2.08. The molecule has 19 heavy (non-hydrogen) atoms. The normalized spacial score (nSPS) is 18.8. The Kier molecular flexibility index (Phi) is 2.87. The van der Waals surface area contributed by atoms with Crippen LogP contribution in [0.1, 0.15) is 11.9 Å². The number of hydrogen-bond donors (Lipinski definition) is 0. The van der Waals surface area contributed by atoms with E-state index in [0.29, 0.717) is 11.4 Å². The van der Waals surface area contributed by atoms with Crippen LogP contribution in [0, 0.1) is 0 Å². The van der Waals surface area contributed by atoms with Crippen molar-refractivity contribution in [1.82, 2.24) is 0 Å². The van der Waals surface area contributed by atoms with E-state index in [9.17, 15) is 9.59 Å². The Morgan fingerprint density at radius 1 is 1.11 bits per heavy atom. The van der Waals surface area contributed by atoms with Crippen LogP contribution in [0.15, 0.2) is 51.6 Å². The number of carbonyl (C=O) groups is 2. The first-order valence-corrected chi connectivity index (χ1v) is 6.29. The number of cyclic esters (lactones) is 1. The van der Waals surface area contributed by atoms with Gasteiger partial charge in [-0.05, 0) is 36.4 Å². The molecule has 1 aliphatic heterocycles. The van der Waals surface area contributed by atoms with E-state index in [1.54, 1.807) is 36.4 Å². The minimum Gasteiger partial charge on any atom is -0.465 e. The van der Waals surface area contributed by atoms with Crippen molar-refractivity contribution in [2.45, 2.75) is 6.10 Å². The molecule has 0 aliphatic carbocycles. The number of hydrogen-bond acceptors (Lipinski definition) is 4. The average Bonchev–Trinajstić information content (AvgIpc) is 3.00. The van der Waals surface area contributed by atoms with Crippen LogP contribution in [0.3, 0.4) is 0 Å². The van der Waals surface area contributed by atoms with E-state index in [4.69, 9.17) is 9.15 Å². The summed E-state index contributed by atoms with van der Waals surface area (Å²) in [5.41, 5.74) is 0.465. The number of benzene rings is 1. The highest BCUT2D eigenvalue weighted by Crippen LogP contribution is 2.32. The second-order valence-corrected chi connectivity index (χ2v) is 4.84. The SMILES string of the molecule is O=C1OC(c2ccco2)C(=O)N1c1ccc(Br)cc1. The van der Waals surface area contributed by atoms with Crippen LogP contribution in [0.5, 0.6) is 0 Å². The second kappa shape index (κ2) is 4.55. The van der Waals surface area contributed by atoms with E-state index in [2.05, 4.69) is 15.9 Å². The monoisotopic (exact) mass is 321 g/mol. The third-order valence-electron chi connectivity index (χ3n) is 2.73. The van der Waals surface area contributed by atoms with Crippen molar-refractivity contribution >= 4 is 33.6 Å². The third-order valence-corrected chi connectivity index (χ3v) is 3.26. The fraction of sp³-hybridized carbons (Fsp3) is 0.0769. The topological polar surface area (TPSA) is 59.8 Å². The molecule has 1 unspecified atom stereocenters. The first kappa shape index (κ1) is 12.0. The van der Waals surface area contributed by atoms with Crippen molar-refractivity contribution in [3.8, 4) is 0 Å². The predicted octanol–water partition coefficient (Wildman–Crippen LogP) is 3.27. The Labute approximate surface area is 116 Å². The molecule has 3 rings (SSSR count). The molecule has 0 spiro atoms. The van der Waals surface area contributed by atoms with Gasteiger partial charge in [0.15, 0.2) is 5.76 Å². The number of halogens is 1. The molecule has 6 heteroatoms. The molecule has 1 atom stereocenters. The number of furan rings is 1. The van der Waals surface area contributed by atoms with Crippen LogP contribution in [0.25, 0.3) is 0 Å². The number of nitrogens with zero attached hydrogens (tertiary/aromatic N) is 1. The van der Waals surface area contributed by atoms with E-state index >= 15 is 0 Å². The average molecular weight is 322 g/mol. The van der Waals surface area contributed by atoms with Gasteiger partial charge in [0.25, 0.3) is 5.91 Å². The molecule has 2 aromatic rings. The first-order chi connectivity index (χ1) is 9.16. The summed E-state index contributed by atoms with van der Waals surface area (Å²) >= 11 is 3.29. The molecule has 1 aromatic heterocycles. The summed E-state index contributed by atoms with van der Waals surface area (Å²) in [6, 6.07) is 10.0. The van der Waals surface area contributed by atoms with Gasteiger partial charge < -0.3 is 9.15 Å². The summed E-state index contributed by atoms with van der Waals surface area (Å²) in [5, 5.41) is 0. The third kappa shape index (κ3) is 2.04. The Bertz CT molecular complexity index is 621. The maximum Gasteiger partial charge on any atom is 0.422 e. The number of anilines is 1. The molecule has 0 radical (unpaired) electrons. The summed E-state index contributed by atoms with van der Waals surface area (Å²) < 4.78 is 11.0. The summed E-state index contributed by atoms with van der Waals surface area (Å²) in [5.74, 6) is -0.139. The molecule has 1 saturated heterocycles. The van der Waals surface area contributed by atoms with Gasteiger partial charge in [0, 0.05) is 4.47 Å². The van der Waals surface area contributed by atoms with Crippen LogP contribution in [-0.4, -0.2) is 12.0 Å². The van der Waals surface area contributed by atoms with Crippen molar-refractivity contribution < 1.29 is 18.7 Å². The highest BCUT2D eigenvalue weighted by molar-refractivity contribution is 9.10. The summed E-state index contributed by atoms with van der Waals surface area (Å²) in [4.78, 5) is 25.0. The van der Waals surface area contributed by atoms with Gasteiger partial charge >= 0.3 is 6.09 Å². The molecule has 5 nitrogen and oxygen atoms in total. The van der Waals surface area contributed by atoms with Gasteiger partial charge in [-0.15, -0.1) is 0 Å². The fourth-order valence-electron chi connectivity index (χ4n) is 1.85. The van der Waals surface area contributed by atoms with Crippen LogP contribution in [-0.2, 0) is 9.53 Å². The lowest BCUT2D eigenvalue weighted by Crippen LogP contribution is -2.29. The lowest BCUT2D eigenvalue weighted by molar-refractivity contribution is -0.122. The van der Waals surface area contributed by atoms with E-state index in [-0.39, 0.29) is 0 Å². The van der Waals surface area contributed by atoms with Gasteiger partial charge in [-0.3, -0.25) is 4.79 Å². The molecule has 1 aliphatic rings. The Morgan fingerprint density at radius 2 is 1.84 bits per heavy atom. The van der Waals surface area contributed by atoms with Gasteiger partial charge in [0.05, 0.1) is 12.0 Å². The minimum absolute atomic E-state index is 0.318. The van der Waals surface area contributed by atoms with Crippen LogP contribution in [0.4, 0.5) is 10.5 Å². The van der Waals surface area contributed by atoms with Gasteiger partial charge in [-0.25, -0.2) is 9.69 Å². The van der Waals surface area contributed by atoms with Crippen LogP contribution < -0.4 is 4.90 Å². The molecule has 2 heterocycles. The largest absolute Gasteiger partial charge is 0.465 e. The second-order valence-electron chi connectivity index (χ2n) is 3.93. The molecule has 2 amide bonds. The molecular formula is C13H8BrNO4. The van der Waals surface area contributed by atoms with E-state index in [0.717, 1.165) is 9.37 Å². The van der Waals surface area contributed by atoms with E-state index in [1.807, 2.05) is 0 Å². The number of rotatable bonds is 2. The quantitative estimate of drug-likeness (QED) is 0.851. The van der Waals surface area contributed by atoms with Crippen molar-refractivity contribution in [1.29, 1.82) is 0 Å².